The van der Waals surface area contributed by atoms with E-state index in [1.165, 1.54) is 16.9 Å². The Kier molecular flexibility index (Phi) is 4.25. The quantitative estimate of drug-likeness (QED) is 0.792. The van der Waals surface area contributed by atoms with Crippen LogP contribution in [0, 0.1) is 0 Å². The number of nitrogens with one attached hydrogen (secondary N) is 1. The summed E-state index contributed by atoms with van der Waals surface area (Å²) >= 11 is 1.42. The maximum Gasteiger partial charge on any atom is 0.257 e. The third kappa shape index (κ3) is 3.20. The molecule has 2 aromatic heterocycles. The SMILES string of the molecule is CCc1ccc(-c2csc(NC(=O)c3ccncc3)n2)cc1. The van der Waals surface area contributed by atoms with Crippen molar-refractivity contribution in [3.05, 3.63) is 65.3 Å². The number of nitrogens with zero attached hydrogens (tertiary/aromatic N) is 2. The second-order valence-corrected chi connectivity index (χ2v) is 5.64. The second-order valence-electron chi connectivity index (χ2n) is 4.78. The van der Waals surface area contributed by atoms with E-state index in [1.807, 2.05) is 5.38 Å². The van der Waals surface area contributed by atoms with Crippen LogP contribution in [0.25, 0.3) is 11.3 Å². The summed E-state index contributed by atoms with van der Waals surface area (Å²) in [6, 6.07) is 11.7. The number of carbonyl (C=O) groups is 1. The van der Waals surface area contributed by atoms with Crippen LogP contribution in [-0.2, 0) is 6.42 Å². The van der Waals surface area contributed by atoms with Gasteiger partial charge < -0.3 is 0 Å². The zero-order valence-corrected chi connectivity index (χ0v) is 12.9. The van der Waals surface area contributed by atoms with Crippen molar-refractivity contribution in [3.63, 3.8) is 0 Å². The lowest BCUT2D eigenvalue weighted by Crippen LogP contribution is -2.11. The normalized spacial score (nSPS) is 10.4. The summed E-state index contributed by atoms with van der Waals surface area (Å²) in [6.07, 6.45) is 4.21. The topological polar surface area (TPSA) is 54.9 Å². The molecule has 2 heterocycles. The summed E-state index contributed by atoms with van der Waals surface area (Å²) in [7, 11) is 0. The third-order valence-electron chi connectivity index (χ3n) is 3.33. The van der Waals surface area contributed by atoms with Gasteiger partial charge in [-0.15, -0.1) is 11.3 Å². The standard InChI is InChI=1S/C17H15N3OS/c1-2-12-3-5-13(6-4-12)15-11-22-17(19-15)20-16(21)14-7-9-18-10-8-14/h3-11H,2H2,1H3,(H,19,20,21). The van der Waals surface area contributed by atoms with Crippen LogP contribution in [0.15, 0.2) is 54.2 Å². The molecule has 1 aromatic carbocycles. The smallest absolute Gasteiger partial charge is 0.257 e. The summed E-state index contributed by atoms with van der Waals surface area (Å²) in [5, 5.41) is 5.35. The minimum Gasteiger partial charge on any atom is -0.298 e. The van der Waals surface area contributed by atoms with Crippen molar-refractivity contribution in [2.75, 3.05) is 5.32 Å². The Bertz CT molecular complexity index is 766. The van der Waals surface area contributed by atoms with Gasteiger partial charge in [-0.1, -0.05) is 31.2 Å². The molecule has 0 saturated carbocycles. The van der Waals surface area contributed by atoms with Gasteiger partial charge in [-0.2, -0.15) is 0 Å². The van der Waals surface area contributed by atoms with Gasteiger partial charge in [0.2, 0.25) is 0 Å². The number of hydrogen-bond donors (Lipinski definition) is 1. The Hall–Kier alpha value is -2.53. The Morgan fingerprint density at radius 2 is 1.86 bits per heavy atom. The average Bonchev–Trinajstić information content (AvgIpc) is 3.04. The number of aromatic nitrogens is 2. The van der Waals surface area contributed by atoms with E-state index in [9.17, 15) is 4.79 Å². The zero-order valence-electron chi connectivity index (χ0n) is 12.1. The summed E-state index contributed by atoms with van der Waals surface area (Å²) < 4.78 is 0. The second kappa shape index (κ2) is 6.49. The summed E-state index contributed by atoms with van der Waals surface area (Å²) in [5.74, 6) is -0.176. The molecule has 3 rings (SSSR count). The molecule has 0 aliphatic heterocycles. The van der Waals surface area contributed by atoms with Crippen LogP contribution >= 0.6 is 11.3 Å². The predicted molar refractivity (Wildman–Crippen MR) is 89.1 cm³/mol. The van der Waals surface area contributed by atoms with Gasteiger partial charge in [0.1, 0.15) is 0 Å². The molecule has 3 aromatic rings. The van der Waals surface area contributed by atoms with E-state index in [0.29, 0.717) is 10.7 Å². The van der Waals surface area contributed by atoms with Crippen molar-refractivity contribution in [3.8, 4) is 11.3 Å². The molecular weight excluding hydrogens is 294 g/mol. The van der Waals surface area contributed by atoms with Crippen molar-refractivity contribution >= 4 is 22.4 Å². The van der Waals surface area contributed by atoms with Gasteiger partial charge in [0.25, 0.3) is 5.91 Å². The molecule has 22 heavy (non-hydrogen) atoms. The largest absolute Gasteiger partial charge is 0.298 e. The van der Waals surface area contributed by atoms with E-state index >= 15 is 0 Å². The molecule has 0 saturated heterocycles. The van der Waals surface area contributed by atoms with Gasteiger partial charge in [-0.25, -0.2) is 4.98 Å². The molecule has 0 unspecified atom stereocenters. The molecule has 4 nitrogen and oxygen atoms in total. The summed E-state index contributed by atoms with van der Waals surface area (Å²) in [5.41, 5.74) is 3.79. The predicted octanol–water partition coefficient (Wildman–Crippen LogP) is 4.02. The lowest BCUT2D eigenvalue weighted by Gasteiger charge is -2.01. The highest BCUT2D eigenvalue weighted by Gasteiger charge is 2.09. The van der Waals surface area contributed by atoms with E-state index in [2.05, 4.69) is 46.5 Å². The molecule has 1 N–H and O–H groups in total. The molecule has 0 atom stereocenters. The van der Waals surface area contributed by atoms with E-state index in [1.54, 1.807) is 24.5 Å². The molecule has 0 fully saturated rings. The van der Waals surface area contributed by atoms with Gasteiger partial charge >= 0.3 is 0 Å². The van der Waals surface area contributed by atoms with Gasteiger partial charge in [-0.05, 0) is 24.1 Å². The summed E-state index contributed by atoms with van der Waals surface area (Å²) in [6.45, 7) is 2.13. The van der Waals surface area contributed by atoms with Gasteiger partial charge in [0.05, 0.1) is 5.69 Å². The highest BCUT2D eigenvalue weighted by molar-refractivity contribution is 7.14. The number of pyridine rings is 1. The zero-order chi connectivity index (χ0) is 15.4. The third-order valence-corrected chi connectivity index (χ3v) is 4.08. The van der Waals surface area contributed by atoms with Crippen LogP contribution in [-0.4, -0.2) is 15.9 Å². The van der Waals surface area contributed by atoms with Crippen LogP contribution < -0.4 is 5.32 Å². The first-order chi connectivity index (χ1) is 10.8. The number of amides is 1. The van der Waals surface area contributed by atoms with E-state index < -0.39 is 0 Å². The van der Waals surface area contributed by atoms with Crippen LogP contribution in [0.3, 0.4) is 0 Å². The van der Waals surface area contributed by atoms with Crippen LogP contribution in [0.5, 0.6) is 0 Å². The van der Waals surface area contributed by atoms with E-state index in [0.717, 1.165) is 17.7 Å². The molecule has 0 aliphatic carbocycles. The molecule has 0 aliphatic rings. The fraction of sp³-hybridized carbons (Fsp3) is 0.118. The Morgan fingerprint density at radius 3 is 2.55 bits per heavy atom. The van der Waals surface area contributed by atoms with Gasteiger partial charge in [0.15, 0.2) is 5.13 Å². The van der Waals surface area contributed by atoms with Crippen molar-refractivity contribution < 1.29 is 4.79 Å². The first-order valence-corrected chi connectivity index (χ1v) is 7.90. The van der Waals surface area contributed by atoms with E-state index in [4.69, 9.17) is 0 Å². The average molecular weight is 309 g/mol. The number of anilines is 1. The highest BCUT2D eigenvalue weighted by atomic mass is 32.1. The fourth-order valence-corrected chi connectivity index (χ4v) is 2.76. The number of benzene rings is 1. The molecule has 1 amide bonds. The van der Waals surface area contributed by atoms with Crippen molar-refractivity contribution in [2.45, 2.75) is 13.3 Å². The van der Waals surface area contributed by atoms with Crippen molar-refractivity contribution in [1.82, 2.24) is 9.97 Å². The van der Waals surface area contributed by atoms with Crippen LogP contribution in [0.1, 0.15) is 22.8 Å². The summed E-state index contributed by atoms with van der Waals surface area (Å²) in [4.78, 5) is 20.4. The Morgan fingerprint density at radius 1 is 1.14 bits per heavy atom. The maximum atomic E-state index is 12.1. The lowest BCUT2D eigenvalue weighted by atomic mass is 10.1. The monoisotopic (exact) mass is 309 g/mol. The Labute approximate surface area is 132 Å². The minimum atomic E-state index is -0.176. The molecule has 0 spiro atoms. The van der Waals surface area contributed by atoms with Gasteiger partial charge in [-0.3, -0.25) is 15.1 Å². The first kappa shape index (κ1) is 14.4. The highest BCUT2D eigenvalue weighted by Crippen LogP contribution is 2.25. The fourth-order valence-electron chi connectivity index (χ4n) is 2.05. The molecule has 0 radical (unpaired) electrons. The molecule has 110 valence electrons. The number of hydrogen-bond acceptors (Lipinski definition) is 4. The lowest BCUT2D eigenvalue weighted by molar-refractivity contribution is 0.102. The Balaban J connectivity index is 1.74. The van der Waals surface area contributed by atoms with Crippen LogP contribution in [0.4, 0.5) is 5.13 Å². The molecule has 5 heteroatoms. The number of thiazole rings is 1. The number of rotatable bonds is 4. The van der Waals surface area contributed by atoms with Crippen molar-refractivity contribution in [1.29, 1.82) is 0 Å². The van der Waals surface area contributed by atoms with Gasteiger partial charge in [0, 0.05) is 28.9 Å². The maximum absolute atomic E-state index is 12.1. The van der Waals surface area contributed by atoms with Crippen molar-refractivity contribution in [2.24, 2.45) is 0 Å². The van der Waals surface area contributed by atoms with E-state index in [-0.39, 0.29) is 5.91 Å². The van der Waals surface area contributed by atoms with Crippen LogP contribution in [0.2, 0.25) is 0 Å². The number of carbonyl (C=O) groups excluding carboxylic acids is 1. The first-order valence-electron chi connectivity index (χ1n) is 7.02. The minimum absolute atomic E-state index is 0.176. The number of aryl methyl sites for hydroxylation is 1. The molecular formula is C17H15N3OS. The molecule has 0 bridgehead atoms.